The number of sulfonamides is 1. The van der Waals surface area contributed by atoms with Crippen molar-refractivity contribution >= 4 is 15.9 Å². The third kappa shape index (κ3) is 4.07. The number of carbonyl (C=O) groups is 1. The predicted molar refractivity (Wildman–Crippen MR) is 107 cm³/mol. The van der Waals surface area contributed by atoms with E-state index in [0.717, 1.165) is 30.6 Å². The molecule has 0 unspecified atom stereocenters. The quantitative estimate of drug-likeness (QED) is 0.801. The first-order valence-electron chi connectivity index (χ1n) is 9.42. The van der Waals surface area contributed by atoms with E-state index in [0.29, 0.717) is 31.0 Å². The number of carbonyl (C=O) groups excluding carboxylic acids is 1. The Balaban J connectivity index is 1.79. The minimum absolute atomic E-state index is 0.212. The monoisotopic (exact) mass is 405 g/mol. The van der Waals surface area contributed by atoms with Gasteiger partial charge in [0.15, 0.2) is 0 Å². The van der Waals surface area contributed by atoms with Crippen LogP contribution < -0.4 is 10.1 Å². The summed E-state index contributed by atoms with van der Waals surface area (Å²) in [5, 5.41) is 2.86. The highest BCUT2D eigenvalue weighted by Gasteiger charge is 2.30. The summed E-state index contributed by atoms with van der Waals surface area (Å²) in [5.74, 6) is 0.407. The van der Waals surface area contributed by atoms with Crippen molar-refractivity contribution in [2.24, 2.45) is 7.05 Å². The minimum Gasteiger partial charge on any atom is -0.497 e. The van der Waals surface area contributed by atoms with Gasteiger partial charge in [0.05, 0.1) is 7.11 Å². The standard InChI is InChI=1S/C20H27N3O4S/c1-15-19(28(25,26)23-10-5-4-6-11-23)13-18(22(15)2)20(24)21-14-16-8-7-9-17(12-16)27-3/h7-9,12-13H,4-6,10-11,14H2,1-3H3,(H,21,24). The van der Waals surface area contributed by atoms with Crippen LogP contribution in [0.2, 0.25) is 0 Å². The van der Waals surface area contributed by atoms with E-state index in [-0.39, 0.29) is 10.8 Å². The van der Waals surface area contributed by atoms with Gasteiger partial charge in [-0.05, 0) is 43.5 Å². The average molecular weight is 406 g/mol. The van der Waals surface area contributed by atoms with Gasteiger partial charge in [-0.15, -0.1) is 0 Å². The van der Waals surface area contributed by atoms with Crippen molar-refractivity contribution in [3.63, 3.8) is 0 Å². The number of piperidine rings is 1. The Hall–Kier alpha value is -2.32. The lowest BCUT2D eigenvalue weighted by Crippen LogP contribution is -2.35. The predicted octanol–water partition coefficient (Wildman–Crippen LogP) is 2.45. The molecule has 1 aliphatic rings. The SMILES string of the molecule is COc1cccc(CNC(=O)c2cc(S(=O)(=O)N3CCCCC3)c(C)n2C)c1. The van der Waals surface area contributed by atoms with Crippen molar-refractivity contribution in [1.29, 1.82) is 0 Å². The van der Waals surface area contributed by atoms with Gasteiger partial charge >= 0.3 is 0 Å². The van der Waals surface area contributed by atoms with E-state index in [4.69, 9.17) is 4.74 Å². The number of hydrogen-bond donors (Lipinski definition) is 1. The van der Waals surface area contributed by atoms with Crippen LogP contribution >= 0.6 is 0 Å². The molecule has 0 spiro atoms. The van der Waals surface area contributed by atoms with E-state index in [9.17, 15) is 13.2 Å². The molecule has 28 heavy (non-hydrogen) atoms. The van der Waals surface area contributed by atoms with Crippen molar-refractivity contribution in [2.45, 2.75) is 37.6 Å². The Kier molecular flexibility index (Phi) is 6.10. The molecule has 0 atom stereocenters. The summed E-state index contributed by atoms with van der Waals surface area (Å²) in [6.07, 6.45) is 2.80. The van der Waals surface area contributed by atoms with Gasteiger partial charge in [-0.2, -0.15) is 4.31 Å². The lowest BCUT2D eigenvalue weighted by molar-refractivity contribution is 0.0942. The zero-order valence-corrected chi connectivity index (χ0v) is 17.4. The first kappa shape index (κ1) is 20.4. The lowest BCUT2D eigenvalue weighted by atomic mass is 10.2. The molecule has 1 N–H and O–H groups in total. The van der Waals surface area contributed by atoms with Gasteiger partial charge in [0.2, 0.25) is 10.0 Å². The van der Waals surface area contributed by atoms with Crippen molar-refractivity contribution < 1.29 is 17.9 Å². The van der Waals surface area contributed by atoms with E-state index < -0.39 is 10.0 Å². The topological polar surface area (TPSA) is 80.6 Å². The van der Waals surface area contributed by atoms with E-state index in [1.54, 1.807) is 25.6 Å². The number of amides is 1. The summed E-state index contributed by atoms with van der Waals surface area (Å²) < 4.78 is 34.4. The van der Waals surface area contributed by atoms with Crippen molar-refractivity contribution in [2.75, 3.05) is 20.2 Å². The van der Waals surface area contributed by atoms with E-state index >= 15 is 0 Å². The van der Waals surface area contributed by atoms with Crippen LogP contribution in [0.3, 0.4) is 0 Å². The average Bonchev–Trinajstić information content (AvgIpc) is 3.02. The van der Waals surface area contributed by atoms with Crippen LogP contribution in [0.5, 0.6) is 5.75 Å². The second kappa shape index (κ2) is 8.36. The van der Waals surface area contributed by atoms with Crippen molar-refractivity contribution in [3.8, 4) is 5.75 Å². The summed E-state index contributed by atoms with van der Waals surface area (Å²) in [6, 6.07) is 8.92. The van der Waals surface area contributed by atoms with E-state index in [1.165, 1.54) is 10.4 Å². The zero-order valence-electron chi connectivity index (χ0n) is 16.6. The van der Waals surface area contributed by atoms with Crippen LogP contribution in [-0.2, 0) is 23.6 Å². The molecule has 2 heterocycles. The highest BCUT2D eigenvalue weighted by Crippen LogP contribution is 2.26. The Morgan fingerprint density at radius 3 is 2.57 bits per heavy atom. The normalized spacial score (nSPS) is 15.4. The molecule has 1 aliphatic heterocycles. The molecule has 1 fully saturated rings. The molecule has 0 bridgehead atoms. The summed E-state index contributed by atoms with van der Waals surface area (Å²) in [4.78, 5) is 12.9. The first-order valence-corrected chi connectivity index (χ1v) is 10.9. The molecule has 0 aliphatic carbocycles. The van der Waals surface area contributed by atoms with Crippen molar-refractivity contribution in [3.05, 3.63) is 47.3 Å². The van der Waals surface area contributed by atoms with Crippen LogP contribution in [0.4, 0.5) is 0 Å². The third-order valence-corrected chi connectivity index (χ3v) is 7.26. The summed E-state index contributed by atoms with van der Waals surface area (Å²) in [5.41, 5.74) is 1.80. The first-order chi connectivity index (χ1) is 13.3. The third-order valence-electron chi connectivity index (χ3n) is 5.24. The zero-order chi connectivity index (χ0) is 20.3. The number of nitrogens with one attached hydrogen (secondary N) is 1. The molecular formula is C20H27N3O4S. The number of methoxy groups -OCH3 is 1. The molecule has 1 amide bonds. The maximum absolute atomic E-state index is 13.0. The molecular weight excluding hydrogens is 378 g/mol. The number of ether oxygens (including phenoxy) is 1. The second-order valence-electron chi connectivity index (χ2n) is 7.04. The van der Waals surface area contributed by atoms with E-state index in [2.05, 4.69) is 5.32 Å². The summed E-state index contributed by atoms with van der Waals surface area (Å²) in [6.45, 7) is 3.13. The number of aromatic nitrogens is 1. The molecule has 3 rings (SSSR count). The van der Waals surface area contributed by atoms with E-state index in [1.807, 2.05) is 24.3 Å². The van der Waals surface area contributed by atoms with Crippen LogP contribution in [0.1, 0.15) is 41.0 Å². The van der Waals surface area contributed by atoms with Gasteiger partial charge < -0.3 is 14.6 Å². The number of benzene rings is 1. The largest absolute Gasteiger partial charge is 0.497 e. The molecule has 0 radical (unpaired) electrons. The minimum atomic E-state index is -3.59. The number of rotatable bonds is 6. The molecule has 1 aromatic carbocycles. The van der Waals surface area contributed by atoms with Gasteiger partial charge in [-0.3, -0.25) is 4.79 Å². The Labute approximate surface area is 166 Å². The fraction of sp³-hybridized carbons (Fsp3) is 0.450. The molecule has 1 aromatic heterocycles. The van der Waals surface area contributed by atoms with Gasteiger partial charge in [0, 0.05) is 32.4 Å². The van der Waals surface area contributed by atoms with Crippen LogP contribution in [0, 0.1) is 6.92 Å². The molecule has 1 saturated heterocycles. The Bertz CT molecular complexity index is 960. The highest BCUT2D eigenvalue weighted by atomic mass is 32.2. The molecule has 7 nitrogen and oxygen atoms in total. The lowest BCUT2D eigenvalue weighted by Gasteiger charge is -2.25. The molecule has 2 aromatic rings. The maximum Gasteiger partial charge on any atom is 0.268 e. The maximum atomic E-state index is 13.0. The second-order valence-corrected chi connectivity index (χ2v) is 8.94. The van der Waals surface area contributed by atoms with Gasteiger partial charge in [0.25, 0.3) is 5.91 Å². The summed E-state index contributed by atoms with van der Waals surface area (Å²) in [7, 11) is -0.283. The molecule has 152 valence electrons. The van der Waals surface area contributed by atoms with Crippen LogP contribution in [-0.4, -0.2) is 43.4 Å². The number of nitrogens with zero attached hydrogens (tertiary/aromatic N) is 2. The molecule has 8 heteroatoms. The highest BCUT2D eigenvalue weighted by molar-refractivity contribution is 7.89. The fourth-order valence-corrected chi connectivity index (χ4v) is 5.24. The van der Waals surface area contributed by atoms with Crippen molar-refractivity contribution in [1.82, 2.24) is 14.2 Å². The number of hydrogen-bond acceptors (Lipinski definition) is 4. The smallest absolute Gasteiger partial charge is 0.268 e. The Morgan fingerprint density at radius 2 is 1.89 bits per heavy atom. The van der Waals surface area contributed by atoms with Gasteiger partial charge in [-0.1, -0.05) is 18.6 Å². The van der Waals surface area contributed by atoms with Gasteiger partial charge in [-0.25, -0.2) is 8.42 Å². The fourth-order valence-electron chi connectivity index (χ4n) is 3.45. The summed E-state index contributed by atoms with van der Waals surface area (Å²) >= 11 is 0. The van der Waals surface area contributed by atoms with Crippen LogP contribution in [0.25, 0.3) is 0 Å². The van der Waals surface area contributed by atoms with Gasteiger partial charge in [0.1, 0.15) is 16.3 Å². The Morgan fingerprint density at radius 1 is 1.18 bits per heavy atom. The van der Waals surface area contributed by atoms with Crippen LogP contribution in [0.15, 0.2) is 35.2 Å². The molecule has 0 saturated carbocycles.